The van der Waals surface area contributed by atoms with Crippen LogP contribution in [0.5, 0.6) is 0 Å². The standard InChI is InChI=1S/C11H14BrClOS/c12-8-11(3-1-2-4-14-11)6-9-5-10(13)15-7-9/h5,7H,1-4,6,8H2. The van der Waals surface area contributed by atoms with Gasteiger partial charge >= 0.3 is 0 Å². The number of hydrogen-bond donors (Lipinski definition) is 0. The number of halogens is 2. The van der Waals surface area contributed by atoms with Crippen LogP contribution in [0.3, 0.4) is 0 Å². The van der Waals surface area contributed by atoms with Crippen molar-refractivity contribution < 1.29 is 4.74 Å². The molecule has 4 heteroatoms. The van der Waals surface area contributed by atoms with Crippen LogP contribution in [0.2, 0.25) is 4.34 Å². The molecule has 2 rings (SSSR count). The number of ether oxygens (including phenoxy) is 1. The van der Waals surface area contributed by atoms with E-state index in [4.69, 9.17) is 16.3 Å². The van der Waals surface area contributed by atoms with Crippen LogP contribution >= 0.6 is 38.9 Å². The molecule has 0 aromatic carbocycles. The normalized spacial score (nSPS) is 26.8. The van der Waals surface area contributed by atoms with Gasteiger partial charge in [-0.2, -0.15) is 0 Å². The lowest BCUT2D eigenvalue weighted by Gasteiger charge is -2.35. The molecule has 1 nitrogen and oxygen atoms in total. The van der Waals surface area contributed by atoms with Crippen LogP contribution in [0.4, 0.5) is 0 Å². The highest BCUT2D eigenvalue weighted by Crippen LogP contribution is 2.32. The van der Waals surface area contributed by atoms with Crippen molar-refractivity contribution in [3.8, 4) is 0 Å². The second-order valence-electron chi connectivity index (χ2n) is 4.06. The highest BCUT2D eigenvalue weighted by Gasteiger charge is 2.32. The van der Waals surface area contributed by atoms with E-state index in [-0.39, 0.29) is 5.60 Å². The predicted octanol–water partition coefficient (Wildman–Crippen LogP) is 4.28. The van der Waals surface area contributed by atoms with E-state index in [1.165, 1.54) is 18.4 Å². The highest BCUT2D eigenvalue weighted by atomic mass is 79.9. The van der Waals surface area contributed by atoms with E-state index in [1.54, 1.807) is 11.3 Å². The van der Waals surface area contributed by atoms with Crippen LogP contribution in [0, 0.1) is 0 Å². The number of hydrogen-bond acceptors (Lipinski definition) is 2. The molecule has 1 aromatic heterocycles. The molecule has 0 bridgehead atoms. The minimum atomic E-state index is 0.00263. The zero-order valence-electron chi connectivity index (χ0n) is 8.47. The molecule has 0 amide bonds. The van der Waals surface area contributed by atoms with Gasteiger partial charge in [-0.15, -0.1) is 11.3 Å². The van der Waals surface area contributed by atoms with E-state index in [1.807, 2.05) is 0 Å². The minimum Gasteiger partial charge on any atom is -0.374 e. The summed E-state index contributed by atoms with van der Waals surface area (Å²) >= 11 is 11.1. The Bertz CT molecular complexity index is 320. The monoisotopic (exact) mass is 308 g/mol. The number of alkyl halides is 1. The Kier molecular flexibility index (Phi) is 4.10. The summed E-state index contributed by atoms with van der Waals surface area (Å²) in [5, 5.41) is 3.04. The molecule has 1 saturated heterocycles. The van der Waals surface area contributed by atoms with Crippen LogP contribution < -0.4 is 0 Å². The maximum atomic E-state index is 5.94. The van der Waals surface area contributed by atoms with Gasteiger partial charge in [-0.3, -0.25) is 0 Å². The second kappa shape index (κ2) is 5.17. The Morgan fingerprint density at radius 2 is 2.40 bits per heavy atom. The minimum absolute atomic E-state index is 0.00263. The first-order valence-corrected chi connectivity index (χ1v) is 7.55. The van der Waals surface area contributed by atoms with E-state index in [2.05, 4.69) is 27.4 Å². The van der Waals surface area contributed by atoms with Crippen molar-refractivity contribution in [1.29, 1.82) is 0 Å². The molecular weight excluding hydrogens is 296 g/mol. The smallest absolute Gasteiger partial charge is 0.0931 e. The van der Waals surface area contributed by atoms with Crippen molar-refractivity contribution in [2.75, 3.05) is 11.9 Å². The van der Waals surface area contributed by atoms with Crippen molar-refractivity contribution >= 4 is 38.9 Å². The third-order valence-corrected chi connectivity index (χ3v) is 4.99. The summed E-state index contributed by atoms with van der Waals surface area (Å²) < 4.78 is 6.81. The summed E-state index contributed by atoms with van der Waals surface area (Å²) in [6.45, 7) is 0.892. The average Bonchev–Trinajstić information content (AvgIpc) is 2.65. The van der Waals surface area contributed by atoms with Gasteiger partial charge in [-0.05, 0) is 36.3 Å². The van der Waals surface area contributed by atoms with Crippen molar-refractivity contribution in [1.82, 2.24) is 0 Å². The summed E-state index contributed by atoms with van der Waals surface area (Å²) in [6, 6.07) is 2.05. The lowest BCUT2D eigenvalue weighted by molar-refractivity contribution is -0.0597. The third-order valence-electron chi connectivity index (χ3n) is 2.83. The predicted molar refractivity (Wildman–Crippen MR) is 69.4 cm³/mol. The Hall–Kier alpha value is 0.430. The Morgan fingerprint density at radius 1 is 1.53 bits per heavy atom. The van der Waals surface area contributed by atoms with Crippen LogP contribution in [0.25, 0.3) is 0 Å². The lowest BCUT2D eigenvalue weighted by atomic mass is 9.90. The molecule has 1 aromatic rings. The zero-order chi connectivity index (χ0) is 10.7. The van der Waals surface area contributed by atoms with Crippen molar-refractivity contribution in [2.45, 2.75) is 31.3 Å². The van der Waals surface area contributed by atoms with Crippen LogP contribution in [-0.4, -0.2) is 17.5 Å². The maximum Gasteiger partial charge on any atom is 0.0931 e. The van der Waals surface area contributed by atoms with Gasteiger partial charge in [0.25, 0.3) is 0 Å². The molecule has 0 saturated carbocycles. The first kappa shape index (κ1) is 11.9. The Morgan fingerprint density at radius 3 is 2.93 bits per heavy atom. The van der Waals surface area contributed by atoms with Gasteiger partial charge in [0.05, 0.1) is 9.94 Å². The first-order valence-electron chi connectivity index (χ1n) is 5.17. The van der Waals surface area contributed by atoms with Gasteiger partial charge < -0.3 is 4.74 Å². The fourth-order valence-corrected chi connectivity index (χ4v) is 3.56. The summed E-state index contributed by atoms with van der Waals surface area (Å²) in [7, 11) is 0. The van der Waals surface area contributed by atoms with Crippen LogP contribution in [0.1, 0.15) is 24.8 Å². The molecule has 1 fully saturated rings. The molecule has 0 radical (unpaired) electrons. The van der Waals surface area contributed by atoms with Gasteiger partial charge in [0.2, 0.25) is 0 Å². The molecule has 2 heterocycles. The molecule has 84 valence electrons. The van der Waals surface area contributed by atoms with Gasteiger partial charge in [-0.1, -0.05) is 27.5 Å². The molecule has 1 aliphatic heterocycles. The van der Waals surface area contributed by atoms with Gasteiger partial charge in [0, 0.05) is 18.4 Å². The van der Waals surface area contributed by atoms with Crippen molar-refractivity contribution in [3.63, 3.8) is 0 Å². The molecule has 0 N–H and O–H groups in total. The Balaban J connectivity index is 2.06. The second-order valence-corrected chi connectivity index (χ2v) is 6.16. The molecule has 1 aliphatic rings. The molecule has 0 spiro atoms. The van der Waals surface area contributed by atoms with E-state index in [0.717, 1.165) is 29.1 Å². The third kappa shape index (κ3) is 2.96. The number of thiophene rings is 1. The van der Waals surface area contributed by atoms with Crippen molar-refractivity contribution in [2.24, 2.45) is 0 Å². The lowest BCUT2D eigenvalue weighted by Crippen LogP contribution is -2.40. The highest BCUT2D eigenvalue weighted by molar-refractivity contribution is 9.09. The quantitative estimate of drug-likeness (QED) is 0.757. The van der Waals surface area contributed by atoms with E-state index in [9.17, 15) is 0 Å². The maximum absolute atomic E-state index is 5.94. The molecule has 15 heavy (non-hydrogen) atoms. The molecule has 1 unspecified atom stereocenters. The van der Waals surface area contributed by atoms with Crippen LogP contribution in [-0.2, 0) is 11.2 Å². The number of rotatable bonds is 3. The fraction of sp³-hybridized carbons (Fsp3) is 0.636. The molecular formula is C11H14BrClOS. The van der Waals surface area contributed by atoms with Gasteiger partial charge in [0.1, 0.15) is 0 Å². The summed E-state index contributed by atoms with van der Waals surface area (Å²) in [5.74, 6) is 0. The SMILES string of the molecule is Clc1cc(CC2(CBr)CCCCO2)cs1. The average molecular weight is 310 g/mol. The van der Waals surface area contributed by atoms with Gasteiger partial charge in [-0.25, -0.2) is 0 Å². The first-order chi connectivity index (χ1) is 7.24. The summed E-state index contributed by atoms with van der Waals surface area (Å²) in [4.78, 5) is 0. The van der Waals surface area contributed by atoms with E-state index >= 15 is 0 Å². The van der Waals surface area contributed by atoms with Crippen LogP contribution in [0.15, 0.2) is 11.4 Å². The van der Waals surface area contributed by atoms with E-state index in [0.29, 0.717) is 0 Å². The topological polar surface area (TPSA) is 9.23 Å². The largest absolute Gasteiger partial charge is 0.374 e. The molecule has 0 aliphatic carbocycles. The summed E-state index contributed by atoms with van der Waals surface area (Å²) in [5.41, 5.74) is 1.30. The molecule has 1 atom stereocenters. The fourth-order valence-electron chi connectivity index (χ4n) is 2.01. The van der Waals surface area contributed by atoms with E-state index < -0.39 is 0 Å². The summed E-state index contributed by atoms with van der Waals surface area (Å²) in [6.07, 6.45) is 4.58. The zero-order valence-corrected chi connectivity index (χ0v) is 11.6. The van der Waals surface area contributed by atoms with Gasteiger partial charge in [0.15, 0.2) is 0 Å². The Labute approximate surface area is 108 Å². The van der Waals surface area contributed by atoms with Crippen molar-refractivity contribution in [3.05, 3.63) is 21.3 Å².